The Labute approximate surface area is 109 Å². The summed E-state index contributed by atoms with van der Waals surface area (Å²) in [5.74, 6) is 0.621. The van der Waals surface area contributed by atoms with E-state index in [1.165, 1.54) is 0 Å². The molecule has 1 N–H and O–H groups in total. The molecule has 2 heterocycles. The smallest absolute Gasteiger partial charge is 0.0843 e. The summed E-state index contributed by atoms with van der Waals surface area (Å²) in [5.41, 5.74) is 1.04. The molecule has 0 bridgehead atoms. The Bertz CT molecular complexity index is 366. The van der Waals surface area contributed by atoms with Gasteiger partial charge in [0.05, 0.1) is 11.8 Å². The molecule has 0 aliphatic carbocycles. The monoisotopic (exact) mass is 252 g/mol. The Hall–Kier alpha value is -0.940. The van der Waals surface area contributed by atoms with Gasteiger partial charge in [-0.15, -0.1) is 5.10 Å². The van der Waals surface area contributed by atoms with Gasteiger partial charge in [0.1, 0.15) is 0 Å². The number of rotatable bonds is 6. The summed E-state index contributed by atoms with van der Waals surface area (Å²) < 4.78 is 7.64. The molecular formula is C13H24N4O. The largest absolute Gasteiger partial charge is 0.376 e. The van der Waals surface area contributed by atoms with Gasteiger partial charge in [0.25, 0.3) is 0 Å². The van der Waals surface area contributed by atoms with Crippen molar-refractivity contribution < 1.29 is 4.74 Å². The molecule has 3 atom stereocenters. The molecule has 1 aliphatic heterocycles. The third-order valence-corrected chi connectivity index (χ3v) is 3.58. The number of hydrogen-bond acceptors (Lipinski definition) is 4. The second-order valence-corrected chi connectivity index (χ2v) is 5.25. The number of aromatic nitrogens is 3. The van der Waals surface area contributed by atoms with E-state index in [2.05, 4.69) is 29.5 Å². The zero-order valence-electron chi connectivity index (χ0n) is 11.6. The zero-order valence-corrected chi connectivity index (χ0v) is 11.6. The molecular weight excluding hydrogens is 228 g/mol. The van der Waals surface area contributed by atoms with Gasteiger partial charge in [-0.05, 0) is 25.3 Å². The highest BCUT2D eigenvalue weighted by atomic mass is 16.5. The normalized spacial score (nSPS) is 25.5. The average molecular weight is 252 g/mol. The maximum Gasteiger partial charge on any atom is 0.0843 e. The molecule has 1 fully saturated rings. The van der Waals surface area contributed by atoms with Crippen LogP contribution in [-0.2, 0) is 18.2 Å². The second-order valence-electron chi connectivity index (χ2n) is 5.25. The van der Waals surface area contributed by atoms with Gasteiger partial charge in [0.2, 0.25) is 0 Å². The summed E-state index contributed by atoms with van der Waals surface area (Å²) in [6, 6.07) is 0.346. The van der Waals surface area contributed by atoms with Crippen LogP contribution in [0.5, 0.6) is 0 Å². The Morgan fingerprint density at radius 2 is 2.44 bits per heavy atom. The van der Waals surface area contributed by atoms with E-state index in [9.17, 15) is 0 Å². The van der Waals surface area contributed by atoms with Crippen molar-refractivity contribution >= 4 is 0 Å². The van der Waals surface area contributed by atoms with Crippen LogP contribution < -0.4 is 5.32 Å². The molecule has 102 valence electrons. The second kappa shape index (κ2) is 6.29. The summed E-state index contributed by atoms with van der Waals surface area (Å²) in [5, 5.41) is 11.8. The van der Waals surface area contributed by atoms with E-state index in [1.54, 1.807) is 4.68 Å². The molecule has 1 aromatic rings. The number of nitrogens with zero attached hydrogens (tertiary/aromatic N) is 3. The number of ether oxygens (including phenoxy) is 1. The quantitative estimate of drug-likeness (QED) is 0.825. The molecule has 1 saturated heterocycles. The Morgan fingerprint density at radius 3 is 3.00 bits per heavy atom. The molecule has 5 heteroatoms. The lowest BCUT2D eigenvalue weighted by atomic mass is 9.94. The first-order chi connectivity index (χ1) is 8.70. The van der Waals surface area contributed by atoms with E-state index in [0.29, 0.717) is 18.1 Å². The van der Waals surface area contributed by atoms with Gasteiger partial charge in [0, 0.05) is 32.3 Å². The minimum absolute atomic E-state index is 0.304. The molecule has 0 spiro atoms. The maximum atomic E-state index is 5.89. The minimum Gasteiger partial charge on any atom is -0.376 e. The van der Waals surface area contributed by atoms with E-state index >= 15 is 0 Å². The van der Waals surface area contributed by atoms with Gasteiger partial charge in [-0.3, -0.25) is 4.68 Å². The van der Waals surface area contributed by atoms with Crippen LogP contribution in [0.4, 0.5) is 0 Å². The standard InChI is InChI=1S/C13H24N4O/c1-4-6-14-12(13-10(2)5-7-18-13)8-11-9-17(3)16-15-11/h9-10,12-14H,4-8H2,1-3H3. The van der Waals surface area contributed by atoms with Crippen molar-refractivity contribution in [2.75, 3.05) is 13.2 Å². The fourth-order valence-electron chi connectivity index (χ4n) is 2.58. The minimum atomic E-state index is 0.304. The van der Waals surface area contributed by atoms with Crippen LogP contribution in [0.3, 0.4) is 0 Å². The molecule has 18 heavy (non-hydrogen) atoms. The number of hydrogen-bond donors (Lipinski definition) is 1. The first kappa shape index (κ1) is 13.5. The zero-order chi connectivity index (χ0) is 13.0. The van der Waals surface area contributed by atoms with E-state index in [-0.39, 0.29) is 0 Å². The first-order valence-electron chi connectivity index (χ1n) is 6.91. The van der Waals surface area contributed by atoms with Crippen molar-refractivity contribution in [1.82, 2.24) is 20.3 Å². The summed E-state index contributed by atoms with van der Waals surface area (Å²) in [6.45, 7) is 6.37. The molecule has 0 saturated carbocycles. The molecule has 3 unspecified atom stereocenters. The Balaban J connectivity index is 2.00. The summed E-state index contributed by atoms with van der Waals surface area (Å²) in [7, 11) is 1.90. The fraction of sp³-hybridized carbons (Fsp3) is 0.846. The summed E-state index contributed by atoms with van der Waals surface area (Å²) in [4.78, 5) is 0. The van der Waals surface area contributed by atoms with Crippen LogP contribution in [0.15, 0.2) is 6.20 Å². The highest BCUT2D eigenvalue weighted by Crippen LogP contribution is 2.24. The summed E-state index contributed by atoms with van der Waals surface area (Å²) >= 11 is 0. The van der Waals surface area contributed by atoms with E-state index in [1.807, 2.05) is 13.2 Å². The van der Waals surface area contributed by atoms with Crippen molar-refractivity contribution in [2.45, 2.75) is 45.3 Å². The fourth-order valence-corrected chi connectivity index (χ4v) is 2.58. The number of aryl methyl sites for hydroxylation is 1. The van der Waals surface area contributed by atoms with Crippen LogP contribution in [0.1, 0.15) is 32.4 Å². The van der Waals surface area contributed by atoms with Gasteiger partial charge >= 0.3 is 0 Å². The lowest BCUT2D eigenvalue weighted by Gasteiger charge is -2.26. The van der Waals surface area contributed by atoms with Gasteiger partial charge in [-0.2, -0.15) is 0 Å². The van der Waals surface area contributed by atoms with E-state index in [4.69, 9.17) is 4.74 Å². The highest BCUT2D eigenvalue weighted by molar-refractivity contribution is 4.99. The molecule has 1 aromatic heterocycles. The Morgan fingerprint density at radius 1 is 1.61 bits per heavy atom. The molecule has 2 rings (SSSR count). The Kier molecular flexibility index (Phi) is 4.72. The van der Waals surface area contributed by atoms with E-state index < -0.39 is 0 Å². The van der Waals surface area contributed by atoms with Crippen LogP contribution >= 0.6 is 0 Å². The van der Waals surface area contributed by atoms with Crippen LogP contribution in [-0.4, -0.2) is 40.3 Å². The third kappa shape index (κ3) is 3.29. The molecule has 1 aliphatic rings. The van der Waals surface area contributed by atoms with Crippen molar-refractivity contribution in [3.63, 3.8) is 0 Å². The van der Waals surface area contributed by atoms with Gasteiger partial charge in [0.15, 0.2) is 0 Å². The summed E-state index contributed by atoms with van der Waals surface area (Å²) in [6.07, 6.45) is 5.48. The van der Waals surface area contributed by atoms with Crippen LogP contribution in [0.2, 0.25) is 0 Å². The van der Waals surface area contributed by atoms with Crippen molar-refractivity contribution in [3.8, 4) is 0 Å². The SMILES string of the molecule is CCCNC(Cc1cn(C)nn1)C1OCCC1C. The first-order valence-corrected chi connectivity index (χ1v) is 6.91. The van der Waals surface area contributed by atoms with E-state index in [0.717, 1.165) is 38.1 Å². The van der Waals surface area contributed by atoms with Crippen molar-refractivity contribution in [3.05, 3.63) is 11.9 Å². The predicted molar refractivity (Wildman–Crippen MR) is 70.3 cm³/mol. The predicted octanol–water partition coefficient (Wildman–Crippen LogP) is 1.15. The lowest BCUT2D eigenvalue weighted by molar-refractivity contribution is 0.0607. The topological polar surface area (TPSA) is 52.0 Å². The van der Waals surface area contributed by atoms with Crippen molar-refractivity contribution in [2.24, 2.45) is 13.0 Å². The van der Waals surface area contributed by atoms with Gasteiger partial charge < -0.3 is 10.1 Å². The molecule has 0 amide bonds. The lowest BCUT2D eigenvalue weighted by Crippen LogP contribution is -2.44. The third-order valence-electron chi connectivity index (χ3n) is 3.58. The van der Waals surface area contributed by atoms with Crippen molar-refractivity contribution in [1.29, 1.82) is 0 Å². The molecule has 0 radical (unpaired) electrons. The molecule has 0 aromatic carbocycles. The van der Waals surface area contributed by atoms with Crippen LogP contribution in [0, 0.1) is 5.92 Å². The van der Waals surface area contributed by atoms with Crippen LogP contribution in [0.25, 0.3) is 0 Å². The highest BCUT2D eigenvalue weighted by Gasteiger charge is 2.32. The van der Waals surface area contributed by atoms with Gasteiger partial charge in [-0.1, -0.05) is 19.1 Å². The average Bonchev–Trinajstić information content (AvgIpc) is 2.93. The molecule has 5 nitrogen and oxygen atoms in total. The number of nitrogens with one attached hydrogen (secondary N) is 1. The maximum absolute atomic E-state index is 5.89. The van der Waals surface area contributed by atoms with Gasteiger partial charge in [-0.25, -0.2) is 0 Å².